The third-order valence-electron chi connectivity index (χ3n) is 2.05. The van der Waals surface area contributed by atoms with E-state index in [2.05, 4.69) is 15.2 Å². The number of halogens is 1. The van der Waals surface area contributed by atoms with Gasteiger partial charge in [0.25, 0.3) is 0 Å². The zero-order chi connectivity index (χ0) is 11.1. The topological polar surface area (TPSA) is 59.1 Å². The van der Waals surface area contributed by atoms with Crippen LogP contribution in [0.5, 0.6) is 0 Å². The van der Waals surface area contributed by atoms with E-state index in [4.69, 9.17) is 28.2 Å². The summed E-state index contributed by atoms with van der Waals surface area (Å²) in [4.78, 5) is 3.94. The van der Waals surface area contributed by atoms with Crippen molar-refractivity contribution in [2.45, 2.75) is 0 Å². The Kier molecular flexibility index (Phi) is 2.05. The van der Waals surface area contributed by atoms with Crippen molar-refractivity contribution in [3.63, 3.8) is 0 Å². The standard InChI is InChI=1S/C9H5ClN4OS/c10-6-3-1-5(2-4-6)7-12-14-9(15-7)11-8(16)13-14/h1-4H,(H,13,16). The van der Waals surface area contributed by atoms with Gasteiger partial charge in [-0.1, -0.05) is 11.6 Å². The molecule has 0 atom stereocenters. The number of hydrogen-bond acceptors (Lipinski definition) is 4. The predicted molar refractivity (Wildman–Crippen MR) is 60.9 cm³/mol. The molecule has 2 heterocycles. The Hall–Kier alpha value is -1.66. The van der Waals surface area contributed by atoms with Crippen molar-refractivity contribution < 1.29 is 4.42 Å². The van der Waals surface area contributed by atoms with Crippen LogP contribution in [-0.4, -0.2) is 19.8 Å². The molecule has 2 aromatic heterocycles. The van der Waals surface area contributed by atoms with Crippen LogP contribution >= 0.6 is 23.8 Å². The highest BCUT2D eigenvalue weighted by molar-refractivity contribution is 7.71. The fourth-order valence-electron chi connectivity index (χ4n) is 1.34. The Labute approximate surface area is 99.7 Å². The molecule has 0 amide bonds. The van der Waals surface area contributed by atoms with Crippen molar-refractivity contribution >= 4 is 29.7 Å². The van der Waals surface area contributed by atoms with Crippen LogP contribution in [-0.2, 0) is 0 Å². The number of fused-ring (bicyclic) bond motifs is 1. The predicted octanol–water partition coefficient (Wildman–Crippen LogP) is 2.70. The minimum absolute atomic E-state index is 0.342. The third-order valence-corrected chi connectivity index (χ3v) is 2.48. The van der Waals surface area contributed by atoms with Crippen LogP contribution in [0.15, 0.2) is 28.7 Å². The Morgan fingerprint density at radius 1 is 1.31 bits per heavy atom. The molecular formula is C9H5ClN4OS. The summed E-state index contributed by atoms with van der Waals surface area (Å²) < 4.78 is 7.15. The summed E-state index contributed by atoms with van der Waals surface area (Å²) in [6, 6.07) is 7.18. The average molecular weight is 253 g/mol. The maximum atomic E-state index is 5.79. The molecule has 80 valence electrons. The molecule has 5 nitrogen and oxygen atoms in total. The fourth-order valence-corrected chi connectivity index (χ4v) is 1.63. The minimum Gasteiger partial charge on any atom is -0.402 e. The van der Waals surface area contributed by atoms with E-state index < -0.39 is 0 Å². The van der Waals surface area contributed by atoms with E-state index in [0.29, 0.717) is 21.5 Å². The molecule has 0 saturated heterocycles. The van der Waals surface area contributed by atoms with E-state index in [-0.39, 0.29) is 0 Å². The van der Waals surface area contributed by atoms with Gasteiger partial charge in [0, 0.05) is 10.6 Å². The number of aromatic amines is 1. The van der Waals surface area contributed by atoms with Crippen LogP contribution in [0.4, 0.5) is 0 Å². The lowest BCUT2D eigenvalue weighted by Gasteiger charge is -1.93. The Bertz CT molecular complexity index is 662. The highest BCUT2D eigenvalue weighted by Gasteiger charge is 2.09. The molecule has 0 saturated carbocycles. The number of rotatable bonds is 1. The Morgan fingerprint density at radius 3 is 2.75 bits per heavy atom. The lowest BCUT2D eigenvalue weighted by atomic mass is 10.2. The minimum atomic E-state index is 0.342. The molecule has 0 fully saturated rings. The first-order valence-corrected chi connectivity index (χ1v) is 5.23. The number of benzene rings is 1. The van der Waals surface area contributed by atoms with Crippen molar-refractivity contribution in [3.05, 3.63) is 34.1 Å². The third kappa shape index (κ3) is 1.52. The van der Waals surface area contributed by atoms with Gasteiger partial charge in [-0.15, -0.1) is 9.73 Å². The summed E-state index contributed by atoms with van der Waals surface area (Å²) >= 11 is 10.6. The quantitative estimate of drug-likeness (QED) is 0.677. The van der Waals surface area contributed by atoms with E-state index >= 15 is 0 Å². The number of H-pyrrole nitrogens is 1. The highest BCUT2D eigenvalue weighted by atomic mass is 35.5. The second kappa shape index (κ2) is 3.43. The molecule has 0 aliphatic rings. The largest absolute Gasteiger partial charge is 0.402 e. The molecule has 1 N–H and O–H groups in total. The van der Waals surface area contributed by atoms with E-state index in [1.165, 1.54) is 4.63 Å². The molecule has 3 rings (SSSR count). The molecule has 0 radical (unpaired) electrons. The number of nitrogens with zero attached hydrogens (tertiary/aromatic N) is 3. The first kappa shape index (κ1) is 9.56. The second-order valence-electron chi connectivity index (χ2n) is 3.14. The SMILES string of the molecule is S=c1nc2oc(-c3ccc(Cl)cc3)nn2[nH]1. The van der Waals surface area contributed by atoms with Crippen LogP contribution < -0.4 is 0 Å². The van der Waals surface area contributed by atoms with Gasteiger partial charge in [0.1, 0.15) is 0 Å². The summed E-state index contributed by atoms with van der Waals surface area (Å²) in [7, 11) is 0. The van der Waals surface area contributed by atoms with Crippen LogP contribution in [0, 0.1) is 4.77 Å². The number of aromatic nitrogens is 4. The Morgan fingerprint density at radius 2 is 2.06 bits per heavy atom. The van der Waals surface area contributed by atoms with E-state index in [1.54, 1.807) is 12.1 Å². The molecule has 0 unspecified atom stereocenters. The average Bonchev–Trinajstić information content (AvgIpc) is 2.75. The fraction of sp³-hybridized carbons (Fsp3) is 0. The molecule has 1 aromatic carbocycles. The van der Waals surface area contributed by atoms with E-state index in [0.717, 1.165) is 5.56 Å². The molecule has 0 aliphatic carbocycles. The summed E-state index contributed by atoms with van der Waals surface area (Å²) in [5.41, 5.74) is 0.828. The van der Waals surface area contributed by atoms with E-state index in [9.17, 15) is 0 Å². The number of hydrogen-bond donors (Lipinski definition) is 1. The monoisotopic (exact) mass is 252 g/mol. The van der Waals surface area contributed by atoms with Gasteiger partial charge in [-0.25, -0.2) is 5.10 Å². The summed E-state index contributed by atoms with van der Waals surface area (Å²) in [5.74, 6) is 0.806. The van der Waals surface area contributed by atoms with Gasteiger partial charge in [-0.05, 0) is 36.5 Å². The zero-order valence-corrected chi connectivity index (χ0v) is 9.42. The molecule has 0 aliphatic heterocycles. The lowest BCUT2D eigenvalue weighted by Crippen LogP contribution is -1.86. The maximum absolute atomic E-state index is 5.79. The van der Waals surface area contributed by atoms with E-state index in [1.807, 2.05) is 12.1 Å². The molecular weight excluding hydrogens is 248 g/mol. The van der Waals surface area contributed by atoms with Gasteiger partial charge >= 0.3 is 5.84 Å². The molecule has 3 aromatic rings. The smallest absolute Gasteiger partial charge is 0.343 e. The van der Waals surface area contributed by atoms with Gasteiger partial charge in [-0.3, -0.25) is 0 Å². The van der Waals surface area contributed by atoms with Gasteiger partial charge in [0.05, 0.1) is 0 Å². The van der Waals surface area contributed by atoms with Crippen molar-refractivity contribution in [3.8, 4) is 11.5 Å². The first-order valence-electron chi connectivity index (χ1n) is 4.44. The van der Waals surface area contributed by atoms with Crippen LogP contribution in [0.2, 0.25) is 5.02 Å². The summed E-state index contributed by atoms with van der Waals surface area (Å²) in [5, 5.41) is 7.57. The van der Waals surface area contributed by atoms with Gasteiger partial charge in [-0.2, -0.15) is 4.98 Å². The first-order chi connectivity index (χ1) is 7.72. The normalized spacial score (nSPS) is 11.1. The van der Waals surface area contributed by atoms with Crippen LogP contribution in [0.1, 0.15) is 0 Å². The summed E-state index contributed by atoms with van der Waals surface area (Å²) in [6.45, 7) is 0. The maximum Gasteiger partial charge on any atom is 0.343 e. The van der Waals surface area contributed by atoms with Crippen LogP contribution in [0.3, 0.4) is 0 Å². The van der Waals surface area contributed by atoms with Crippen molar-refractivity contribution in [1.29, 1.82) is 0 Å². The van der Waals surface area contributed by atoms with Gasteiger partial charge in [0.2, 0.25) is 10.7 Å². The molecule has 0 spiro atoms. The van der Waals surface area contributed by atoms with Gasteiger partial charge in [0.15, 0.2) is 0 Å². The zero-order valence-electron chi connectivity index (χ0n) is 7.85. The van der Waals surface area contributed by atoms with Crippen molar-refractivity contribution in [2.75, 3.05) is 0 Å². The summed E-state index contributed by atoms with van der Waals surface area (Å²) in [6.07, 6.45) is 0. The molecule has 16 heavy (non-hydrogen) atoms. The van der Waals surface area contributed by atoms with Crippen molar-refractivity contribution in [2.24, 2.45) is 0 Å². The number of nitrogens with one attached hydrogen (secondary N) is 1. The molecule has 0 bridgehead atoms. The van der Waals surface area contributed by atoms with Crippen LogP contribution in [0.25, 0.3) is 17.3 Å². The Balaban J connectivity index is 2.15. The lowest BCUT2D eigenvalue weighted by molar-refractivity contribution is 0.604. The van der Waals surface area contributed by atoms with Crippen molar-refractivity contribution in [1.82, 2.24) is 19.8 Å². The molecule has 7 heteroatoms. The second-order valence-corrected chi connectivity index (χ2v) is 3.96. The highest BCUT2D eigenvalue weighted by Crippen LogP contribution is 2.20. The van der Waals surface area contributed by atoms with Gasteiger partial charge < -0.3 is 4.42 Å².